The Labute approximate surface area is 214 Å². The fourth-order valence-corrected chi connectivity index (χ4v) is 4.18. The zero-order chi connectivity index (χ0) is 22.0. The number of pyridine rings is 1. The van der Waals surface area contributed by atoms with Crippen molar-refractivity contribution in [2.24, 2.45) is 4.99 Å². The molecule has 2 fully saturated rings. The monoisotopic (exact) mass is 562 g/mol. The SMILES string of the molecule is CN=C(NCc1cccnc1N1CCOCC1)N1CCN(C/C=C/c2ccccc2)CC1.I. The molecule has 2 aliphatic rings. The molecule has 0 radical (unpaired) electrons. The molecule has 0 saturated carbocycles. The van der Waals surface area contributed by atoms with Gasteiger partial charge in [-0.3, -0.25) is 9.89 Å². The van der Waals surface area contributed by atoms with E-state index in [9.17, 15) is 0 Å². The Morgan fingerprint density at radius 2 is 1.79 bits per heavy atom. The Kier molecular flexibility index (Phi) is 10.4. The molecule has 4 rings (SSSR count). The van der Waals surface area contributed by atoms with Crippen molar-refractivity contribution in [2.45, 2.75) is 6.54 Å². The summed E-state index contributed by atoms with van der Waals surface area (Å²) in [5, 5.41) is 3.56. The molecule has 0 unspecified atom stereocenters. The number of benzene rings is 1. The third kappa shape index (κ3) is 7.41. The maximum absolute atomic E-state index is 5.49. The third-order valence-corrected chi connectivity index (χ3v) is 5.97. The van der Waals surface area contributed by atoms with Crippen LogP contribution in [0.25, 0.3) is 6.08 Å². The summed E-state index contributed by atoms with van der Waals surface area (Å²) in [5.41, 5.74) is 2.45. The number of guanidine groups is 1. The van der Waals surface area contributed by atoms with Crippen molar-refractivity contribution in [1.82, 2.24) is 20.1 Å². The smallest absolute Gasteiger partial charge is 0.194 e. The van der Waals surface area contributed by atoms with Gasteiger partial charge >= 0.3 is 0 Å². The van der Waals surface area contributed by atoms with Gasteiger partial charge in [-0.25, -0.2) is 4.98 Å². The van der Waals surface area contributed by atoms with Crippen LogP contribution in [0.15, 0.2) is 59.7 Å². The molecule has 1 aromatic carbocycles. The predicted molar refractivity (Wildman–Crippen MR) is 146 cm³/mol. The van der Waals surface area contributed by atoms with E-state index in [1.807, 2.05) is 19.3 Å². The van der Waals surface area contributed by atoms with Crippen molar-refractivity contribution in [2.75, 3.05) is 71.0 Å². The van der Waals surface area contributed by atoms with Crippen LogP contribution < -0.4 is 10.2 Å². The minimum atomic E-state index is 0. The number of hydrogen-bond donors (Lipinski definition) is 1. The van der Waals surface area contributed by atoms with E-state index in [1.165, 1.54) is 11.1 Å². The van der Waals surface area contributed by atoms with Gasteiger partial charge in [0.05, 0.1) is 13.2 Å². The number of piperazine rings is 1. The number of nitrogens with one attached hydrogen (secondary N) is 1. The first-order chi connectivity index (χ1) is 15.8. The van der Waals surface area contributed by atoms with Crippen molar-refractivity contribution in [3.05, 3.63) is 65.9 Å². The molecule has 3 heterocycles. The largest absolute Gasteiger partial charge is 0.378 e. The molecule has 2 aliphatic heterocycles. The van der Waals surface area contributed by atoms with Gasteiger partial charge in [-0.15, -0.1) is 24.0 Å². The zero-order valence-electron chi connectivity index (χ0n) is 19.4. The topological polar surface area (TPSA) is 56.2 Å². The minimum absolute atomic E-state index is 0. The van der Waals surface area contributed by atoms with E-state index in [0.717, 1.165) is 70.8 Å². The second kappa shape index (κ2) is 13.5. The Morgan fingerprint density at radius 1 is 1.03 bits per heavy atom. The number of rotatable bonds is 6. The molecule has 0 aliphatic carbocycles. The quantitative estimate of drug-likeness (QED) is 0.332. The Balaban J connectivity index is 0.00000306. The number of aromatic nitrogens is 1. The highest BCUT2D eigenvalue weighted by Gasteiger charge is 2.20. The Bertz CT molecular complexity index is 893. The zero-order valence-corrected chi connectivity index (χ0v) is 21.7. The van der Waals surface area contributed by atoms with Crippen LogP contribution in [-0.2, 0) is 11.3 Å². The minimum Gasteiger partial charge on any atom is -0.378 e. The molecule has 7 nitrogen and oxygen atoms in total. The van der Waals surface area contributed by atoms with Crippen molar-refractivity contribution >= 4 is 41.8 Å². The molecular weight excluding hydrogens is 527 g/mol. The average Bonchev–Trinajstić information content (AvgIpc) is 2.87. The first kappa shape index (κ1) is 25.5. The van der Waals surface area contributed by atoms with Crippen LogP contribution >= 0.6 is 24.0 Å². The lowest BCUT2D eigenvalue weighted by atomic mass is 10.2. The molecule has 2 aromatic rings. The van der Waals surface area contributed by atoms with Gasteiger partial charge in [0.15, 0.2) is 5.96 Å². The van der Waals surface area contributed by atoms with Gasteiger partial charge in [-0.1, -0.05) is 48.6 Å². The molecule has 2 saturated heterocycles. The number of morpholine rings is 1. The summed E-state index contributed by atoms with van der Waals surface area (Å²) < 4.78 is 5.49. The van der Waals surface area contributed by atoms with Crippen molar-refractivity contribution in [3.63, 3.8) is 0 Å². The molecule has 8 heteroatoms. The number of ether oxygens (including phenoxy) is 1. The highest BCUT2D eigenvalue weighted by Crippen LogP contribution is 2.18. The van der Waals surface area contributed by atoms with E-state index < -0.39 is 0 Å². The average molecular weight is 563 g/mol. The molecule has 1 N–H and O–H groups in total. The summed E-state index contributed by atoms with van der Waals surface area (Å²) in [4.78, 5) is 16.3. The number of nitrogens with zero attached hydrogens (tertiary/aromatic N) is 5. The van der Waals surface area contributed by atoms with Crippen LogP contribution in [0.1, 0.15) is 11.1 Å². The maximum atomic E-state index is 5.49. The molecule has 0 amide bonds. The number of halogens is 1. The summed E-state index contributed by atoms with van der Waals surface area (Å²) >= 11 is 0. The number of anilines is 1. The van der Waals surface area contributed by atoms with E-state index in [4.69, 9.17) is 4.74 Å². The second-order valence-corrected chi connectivity index (χ2v) is 8.09. The molecule has 178 valence electrons. The third-order valence-electron chi connectivity index (χ3n) is 5.97. The van der Waals surface area contributed by atoms with Crippen molar-refractivity contribution in [1.29, 1.82) is 0 Å². The van der Waals surface area contributed by atoms with Crippen LogP contribution in [0.2, 0.25) is 0 Å². The molecule has 0 atom stereocenters. The van der Waals surface area contributed by atoms with Gasteiger partial charge in [0, 0.05) is 71.2 Å². The van der Waals surface area contributed by atoms with Crippen LogP contribution in [0.5, 0.6) is 0 Å². The summed E-state index contributed by atoms with van der Waals surface area (Å²) in [6.07, 6.45) is 6.33. The summed E-state index contributed by atoms with van der Waals surface area (Å²) in [7, 11) is 1.86. The van der Waals surface area contributed by atoms with Crippen LogP contribution in [0.4, 0.5) is 5.82 Å². The summed E-state index contributed by atoms with van der Waals surface area (Å²) in [6, 6.07) is 14.6. The van der Waals surface area contributed by atoms with E-state index in [1.54, 1.807) is 0 Å². The van der Waals surface area contributed by atoms with E-state index in [-0.39, 0.29) is 24.0 Å². The Morgan fingerprint density at radius 3 is 2.52 bits per heavy atom. The fourth-order valence-electron chi connectivity index (χ4n) is 4.18. The number of aliphatic imine (C=N–C) groups is 1. The lowest BCUT2D eigenvalue weighted by molar-refractivity contribution is 0.122. The van der Waals surface area contributed by atoms with Gasteiger partial charge in [0.2, 0.25) is 0 Å². The van der Waals surface area contributed by atoms with Crippen LogP contribution in [0, 0.1) is 0 Å². The van der Waals surface area contributed by atoms with Crippen LogP contribution in [0.3, 0.4) is 0 Å². The summed E-state index contributed by atoms with van der Waals surface area (Å²) in [6.45, 7) is 9.01. The van der Waals surface area contributed by atoms with E-state index in [0.29, 0.717) is 6.54 Å². The summed E-state index contributed by atoms with van der Waals surface area (Å²) in [5.74, 6) is 2.01. The molecule has 0 spiro atoms. The van der Waals surface area contributed by atoms with Crippen molar-refractivity contribution in [3.8, 4) is 0 Å². The standard InChI is InChI=1S/C25H34N6O.HI/c1-26-25(28-21-23-10-5-11-27-24(23)30-17-19-32-20-18-30)31-15-13-29(14-16-31)12-6-9-22-7-3-2-4-8-22;/h2-11H,12-21H2,1H3,(H,26,28);1H/b9-6+;. The first-order valence-electron chi connectivity index (χ1n) is 11.5. The lowest BCUT2D eigenvalue weighted by Crippen LogP contribution is -2.52. The fraction of sp³-hybridized carbons (Fsp3) is 0.440. The van der Waals surface area contributed by atoms with Gasteiger partial charge in [0.1, 0.15) is 5.82 Å². The van der Waals surface area contributed by atoms with Gasteiger partial charge in [-0.05, 0) is 11.6 Å². The normalized spacial score (nSPS) is 17.8. The van der Waals surface area contributed by atoms with Crippen LogP contribution in [-0.4, -0.2) is 86.8 Å². The van der Waals surface area contributed by atoms with Gasteiger partial charge < -0.3 is 19.9 Å². The predicted octanol–water partition coefficient (Wildman–Crippen LogP) is 2.94. The van der Waals surface area contributed by atoms with E-state index in [2.05, 4.69) is 78.5 Å². The molecular formula is C25H35IN6O. The molecule has 33 heavy (non-hydrogen) atoms. The Hall–Kier alpha value is -2.17. The molecule has 0 bridgehead atoms. The lowest BCUT2D eigenvalue weighted by Gasteiger charge is -2.36. The maximum Gasteiger partial charge on any atom is 0.194 e. The molecule has 1 aromatic heterocycles. The van der Waals surface area contributed by atoms with Gasteiger partial charge in [-0.2, -0.15) is 0 Å². The highest BCUT2D eigenvalue weighted by atomic mass is 127. The second-order valence-electron chi connectivity index (χ2n) is 8.09. The van der Waals surface area contributed by atoms with Gasteiger partial charge in [0.25, 0.3) is 0 Å². The van der Waals surface area contributed by atoms with E-state index >= 15 is 0 Å². The highest BCUT2D eigenvalue weighted by molar-refractivity contribution is 14.0. The number of hydrogen-bond acceptors (Lipinski definition) is 5. The van der Waals surface area contributed by atoms with Crippen molar-refractivity contribution < 1.29 is 4.74 Å². The first-order valence-corrected chi connectivity index (χ1v) is 11.5.